The van der Waals surface area contributed by atoms with Gasteiger partial charge in [0.2, 0.25) is 10.0 Å². The van der Waals surface area contributed by atoms with Crippen molar-refractivity contribution >= 4 is 38.5 Å². The number of likely N-dealkylation sites (tertiary alicyclic amines) is 1. The Balaban J connectivity index is 1.50. The number of nitrogens with one attached hydrogen (secondary N) is 1. The molecule has 1 fully saturated rings. The van der Waals surface area contributed by atoms with E-state index in [1.807, 2.05) is 47.4 Å². The third-order valence-corrected chi connectivity index (χ3v) is 6.94. The fourth-order valence-corrected chi connectivity index (χ4v) is 5.57. The van der Waals surface area contributed by atoms with E-state index in [9.17, 15) is 13.2 Å². The Morgan fingerprint density at radius 3 is 2.66 bits per heavy atom. The molecule has 1 N–H and O–H groups in total. The fraction of sp³-hybridized carbons (Fsp3) is 0.333. The molecular formula is C24H25N3O4S. The predicted octanol–water partition coefficient (Wildman–Crippen LogP) is 3.47. The minimum atomic E-state index is -3.25. The largest absolute Gasteiger partial charge is 0.465 e. The number of carbonyl (C=O) groups excluding carboxylic acids is 1. The maximum atomic E-state index is 13.7. The quantitative estimate of drug-likeness (QED) is 0.656. The van der Waals surface area contributed by atoms with Gasteiger partial charge in [-0.25, -0.2) is 18.1 Å². The summed E-state index contributed by atoms with van der Waals surface area (Å²) >= 11 is 0. The van der Waals surface area contributed by atoms with E-state index in [0.717, 1.165) is 51.9 Å². The van der Waals surface area contributed by atoms with E-state index in [1.54, 1.807) is 6.26 Å². The number of rotatable bonds is 4. The summed E-state index contributed by atoms with van der Waals surface area (Å²) in [7, 11) is -3.25. The molecule has 5 rings (SSSR count). The Hall–Kier alpha value is -2.97. The van der Waals surface area contributed by atoms with Gasteiger partial charge >= 0.3 is 0 Å². The molecule has 0 atom stereocenters. The smallest absolute Gasteiger partial charge is 0.254 e. The van der Waals surface area contributed by atoms with Crippen LogP contribution < -0.4 is 4.72 Å². The van der Waals surface area contributed by atoms with Gasteiger partial charge in [0.15, 0.2) is 0 Å². The molecule has 2 aromatic heterocycles. The Bertz CT molecular complexity index is 1300. The highest BCUT2D eigenvalue weighted by Crippen LogP contribution is 2.38. The van der Waals surface area contributed by atoms with Gasteiger partial charge in [0.05, 0.1) is 29.3 Å². The highest BCUT2D eigenvalue weighted by atomic mass is 32.2. The number of hydrogen-bond donors (Lipinski definition) is 1. The molecule has 2 aliphatic rings. The summed E-state index contributed by atoms with van der Waals surface area (Å²) < 4.78 is 31.2. The standard InChI is InChI=1S/C24H25N3O4S/c1-32(29,30)26-17-10-12-27(13-11-17)24(28)22-19-6-2-3-7-21(19)25-23-16(8-9-20(22)23)15-18-5-4-14-31-18/h2-7,14-15,17,26H,8-13H2,1H3/b16-15+. The highest BCUT2D eigenvalue weighted by molar-refractivity contribution is 7.88. The van der Waals surface area contributed by atoms with Crippen LogP contribution in [0.2, 0.25) is 0 Å². The van der Waals surface area contributed by atoms with Gasteiger partial charge < -0.3 is 9.32 Å². The summed E-state index contributed by atoms with van der Waals surface area (Å²) in [6, 6.07) is 11.4. The van der Waals surface area contributed by atoms with Crippen molar-refractivity contribution in [1.82, 2.24) is 14.6 Å². The molecule has 1 saturated heterocycles. The number of amides is 1. The second kappa shape index (κ2) is 8.18. The van der Waals surface area contributed by atoms with Crippen LogP contribution in [0, 0.1) is 0 Å². The number of sulfonamides is 1. The Morgan fingerprint density at radius 2 is 1.94 bits per heavy atom. The first-order chi connectivity index (χ1) is 15.4. The molecular weight excluding hydrogens is 426 g/mol. The summed E-state index contributed by atoms with van der Waals surface area (Å²) in [6.07, 6.45) is 7.59. The van der Waals surface area contributed by atoms with Crippen LogP contribution in [-0.2, 0) is 16.4 Å². The number of hydrogen-bond acceptors (Lipinski definition) is 5. The lowest BCUT2D eigenvalue weighted by Gasteiger charge is -2.32. The summed E-state index contributed by atoms with van der Waals surface area (Å²) in [4.78, 5) is 20.5. The topological polar surface area (TPSA) is 92.5 Å². The van der Waals surface area contributed by atoms with Crippen molar-refractivity contribution in [1.29, 1.82) is 0 Å². The predicted molar refractivity (Wildman–Crippen MR) is 124 cm³/mol. The van der Waals surface area contributed by atoms with Crippen LogP contribution in [0.25, 0.3) is 22.6 Å². The molecule has 7 nitrogen and oxygen atoms in total. The highest BCUT2D eigenvalue weighted by Gasteiger charge is 2.31. The van der Waals surface area contributed by atoms with Crippen molar-refractivity contribution in [3.05, 3.63) is 65.2 Å². The van der Waals surface area contributed by atoms with Crippen molar-refractivity contribution in [2.24, 2.45) is 0 Å². The fourth-order valence-electron chi connectivity index (χ4n) is 4.73. The minimum absolute atomic E-state index is 0.00287. The lowest BCUT2D eigenvalue weighted by atomic mass is 9.98. The van der Waals surface area contributed by atoms with Crippen LogP contribution >= 0.6 is 0 Å². The normalized spacial score (nSPS) is 18.4. The molecule has 0 unspecified atom stereocenters. The molecule has 32 heavy (non-hydrogen) atoms. The molecule has 1 aliphatic heterocycles. The van der Waals surface area contributed by atoms with E-state index < -0.39 is 10.0 Å². The van der Waals surface area contributed by atoms with Crippen molar-refractivity contribution in [2.45, 2.75) is 31.7 Å². The van der Waals surface area contributed by atoms with Gasteiger partial charge in [-0.2, -0.15) is 0 Å². The first kappa shape index (κ1) is 20.9. The molecule has 0 spiro atoms. The van der Waals surface area contributed by atoms with Gasteiger partial charge in [-0.1, -0.05) is 18.2 Å². The van der Waals surface area contributed by atoms with E-state index in [4.69, 9.17) is 9.40 Å². The molecule has 0 radical (unpaired) electrons. The molecule has 166 valence electrons. The molecule has 1 amide bonds. The molecule has 0 bridgehead atoms. The number of allylic oxidation sites excluding steroid dienone is 1. The second-order valence-electron chi connectivity index (χ2n) is 8.47. The van der Waals surface area contributed by atoms with Crippen LogP contribution in [0.15, 0.2) is 47.1 Å². The van der Waals surface area contributed by atoms with Gasteiger partial charge in [-0.15, -0.1) is 0 Å². The van der Waals surface area contributed by atoms with E-state index in [-0.39, 0.29) is 11.9 Å². The number of fused-ring (bicyclic) bond motifs is 2. The maximum absolute atomic E-state index is 13.7. The van der Waals surface area contributed by atoms with Crippen molar-refractivity contribution in [2.75, 3.05) is 19.3 Å². The van der Waals surface area contributed by atoms with Crippen LogP contribution in [0.5, 0.6) is 0 Å². The number of aromatic nitrogens is 1. The minimum Gasteiger partial charge on any atom is -0.465 e. The third-order valence-electron chi connectivity index (χ3n) is 6.18. The Kier molecular flexibility index (Phi) is 5.35. The van der Waals surface area contributed by atoms with Gasteiger partial charge in [-0.05, 0) is 61.1 Å². The average molecular weight is 452 g/mol. The Labute approximate surface area is 187 Å². The second-order valence-corrected chi connectivity index (χ2v) is 10.3. The zero-order valence-corrected chi connectivity index (χ0v) is 18.7. The molecule has 3 aromatic rings. The maximum Gasteiger partial charge on any atom is 0.254 e. The SMILES string of the molecule is CS(=O)(=O)NC1CCN(C(=O)c2c3c(nc4ccccc24)/C(=C/c2ccco2)CC3)CC1. The van der Waals surface area contributed by atoms with Crippen molar-refractivity contribution < 1.29 is 17.6 Å². The molecule has 0 saturated carbocycles. The first-order valence-corrected chi connectivity index (χ1v) is 12.7. The molecule has 1 aliphatic carbocycles. The van der Waals surface area contributed by atoms with Gasteiger partial charge in [0.25, 0.3) is 5.91 Å². The summed E-state index contributed by atoms with van der Waals surface area (Å²) in [5, 5.41) is 0.867. The van der Waals surface area contributed by atoms with Crippen LogP contribution in [0.1, 0.15) is 46.6 Å². The lowest BCUT2D eigenvalue weighted by molar-refractivity contribution is 0.0712. The molecule has 8 heteroatoms. The number of carbonyl (C=O) groups is 1. The zero-order valence-electron chi connectivity index (χ0n) is 17.9. The first-order valence-electron chi connectivity index (χ1n) is 10.8. The van der Waals surface area contributed by atoms with Gasteiger partial charge in [-0.3, -0.25) is 4.79 Å². The van der Waals surface area contributed by atoms with Crippen LogP contribution in [0.4, 0.5) is 0 Å². The number of nitrogens with zero attached hydrogens (tertiary/aromatic N) is 2. The summed E-state index contributed by atoms with van der Waals surface area (Å²) in [5.41, 5.74) is 4.46. The van der Waals surface area contributed by atoms with E-state index in [2.05, 4.69) is 4.72 Å². The number of piperidine rings is 1. The zero-order chi connectivity index (χ0) is 22.3. The number of benzene rings is 1. The molecule has 3 heterocycles. The van der Waals surface area contributed by atoms with Crippen LogP contribution in [-0.4, -0.2) is 49.6 Å². The van der Waals surface area contributed by atoms with Gasteiger partial charge in [0, 0.05) is 24.5 Å². The number of pyridine rings is 1. The third kappa shape index (κ3) is 4.08. The van der Waals surface area contributed by atoms with E-state index in [0.29, 0.717) is 25.9 Å². The summed E-state index contributed by atoms with van der Waals surface area (Å²) in [6.45, 7) is 1.04. The number of furan rings is 1. The van der Waals surface area contributed by atoms with Crippen molar-refractivity contribution in [3.63, 3.8) is 0 Å². The van der Waals surface area contributed by atoms with Crippen LogP contribution in [0.3, 0.4) is 0 Å². The molecule has 1 aromatic carbocycles. The van der Waals surface area contributed by atoms with E-state index >= 15 is 0 Å². The van der Waals surface area contributed by atoms with Crippen molar-refractivity contribution in [3.8, 4) is 0 Å². The van der Waals surface area contributed by atoms with Gasteiger partial charge in [0.1, 0.15) is 5.76 Å². The Morgan fingerprint density at radius 1 is 1.16 bits per heavy atom. The number of para-hydroxylation sites is 1. The monoisotopic (exact) mass is 451 g/mol. The van der Waals surface area contributed by atoms with E-state index in [1.165, 1.54) is 6.26 Å². The average Bonchev–Trinajstić information content (AvgIpc) is 3.42. The summed E-state index contributed by atoms with van der Waals surface area (Å²) in [5.74, 6) is 0.771. The lowest BCUT2D eigenvalue weighted by Crippen LogP contribution is -2.46.